The van der Waals surface area contributed by atoms with Gasteiger partial charge in [0, 0.05) is 23.8 Å². The van der Waals surface area contributed by atoms with Crippen LogP contribution in [0, 0.1) is 11.8 Å². The van der Waals surface area contributed by atoms with Crippen molar-refractivity contribution in [3.8, 4) is 11.5 Å². The molecule has 4 rings (SSSR count). The number of ether oxygens (including phenoxy) is 1. The van der Waals surface area contributed by atoms with Gasteiger partial charge in [-0.05, 0) is 85.8 Å². The Morgan fingerprint density at radius 1 is 1.07 bits per heavy atom. The predicted molar refractivity (Wildman–Crippen MR) is 171 cm³/mol. The zero-order chi connectivity index (χ0) is 29.5. The zero-order valence-corrected chi connectivity index (χ0v) is 28.5. The molecule has 0 radical (unpaired) electrons. The third-order valence-corrected chi connectivity index (χ3v) is 15.3. The summed E-state index contributed by atoms with van der Waals surface area (Å²) in [7, 11) is -2.11. The average molecular weight is 567 g/mol. The normalized spacial score (nSPS) is 22.9. The minimum absolute atomic E-state index is 0.0367. The van der Waals surface area contributed by atoms with Crippen molar-refractivity contribution in [2.45, 2.75) is 161 Å². The monoisotopic (exact) mass is 566 g/mol. The lowest BCUT2D eigenvalue weighted by Crippen LogP contribution is -2.47. The van der Waals surface area contributed by atoms with Crippen LogP contribution in [0.1, 0.15) is 143 Å². The maximum Gasteiger partial charge on any atom is 0.250 e. The molecule has 2 aliphatic carbocycles. The van der Waals surface area contributed by atoms with Gasteiger partial charge in [0.1, 0.15) is 17.1 Å². The van der Waals surface area contributed by atoms with E-state index < -0.39 is 8.32 Å². The van der Waals surface area contributed by atoms with Gasteiger partial charge >= 0.3 is 0 Å². The van der Waals surface area contributed by atoms with Crippen LogP contribution in [-0.2, 0) is 10.2 Å². The maximum absolute atomic E-state index is 13.4. The van der Waals surface area contributed by atoms with E-state index in [2.05, 4.69) is 86.7 Å². The highest BCUT2D eigenvalue weighted by Crippen LogP contribution is 2.56. The molecule has 0 unspecified atom stereocenters. The fourth-order valence-corrected chi connectivity index (χ4v) is 7.76. The van der Waals surface area contributed by atoms with Crippen LogP contribution in [0.25, 0.3) is 0 Å². The van der Waals surface area contributed by atoms with Crippen LogP contribution in [0.15, 0.2) is 23.8 Å². The first-order valence-corrected chi connectivity index (χ1v) is 19.3. The molecule has 3 aliphatic rings. The van der Waals surface area contributed by atoms with Crippen molar-refractivity contribution in [3.05, 3.63) is 34.9 Å². The Morgan fingerprint density at radius 2 is 1.77 bits per heavy atom. The fraction of sp³-hybridized carbons (Fsp3) is 0.750. The van der Waals surface area contributed by atoms with Crippen molar-refractivity contribution in [1.29, 1.82) is 0 Å². The summed E-state index contributed by atoms with van der Waals surface area (Å²) in [5.74, 6) is 3.57. The van der Waals surface area contributed by atoms with E-state index in [1.807, 2.05) is 0 Å². The average Bonchev–Trinajstić information content (AvgIpc) is 2.82. The van der Waals surface area contributed by atoms with Crippen molar-refractivity contribution < 1.29 is 14.0 Å². The third kappa shape index (κ3) is 6.58. The van der Waals surface area contributed by atoms with Gasteiger partial charge in [-0.3, -0.25) is 4.79 Å². The number of hydrogen-bond donors (Lipinski definition) is 0. The number of benzene rings is 1. The smallest absolute Gasteiger partial charge is 0.250 e. The van der Waals surface area contributed by atoms with Gasteiger partial charge in [-0.25, -0.2) is 0 Å². The first kappa shape index (κ1) is 31.4. The first-order valence-electron chi connectivity index (χ1n) is 16.3. The first-order chi connectivity index (χ1) is 18.6. The molecule has 3 nitrogen and oxygen atoms in total. The van der Waals surface area contributed by atoms with Crippen LogP contribution in [0.2, 0.25) is 18.1 Å². The van der Waals surface area contributed by atoms with E-state index in [4.69, 9.17) is 9.16 Å². The zero-order valence-electron chi connectivity index (χ0n) is 27.5. The SMILES string of the molecule is CCCCCCC(C)(C)c1cc2c(c(O[Si](C)(C)C(C)(C)C)c1)[C@@H]1CC(C(=O)CC3CCC3)=CC[C@H]1C(C)(C)O2. The predicted octanol–water partition coefficient (Wildman–Crippen LogP) is 10.7. The van der Waals surface area contributed by atoms with E-state index in [1.54, 1.807) is 0 Å². The van der Waals surface area contributed by atoms with Gasteiger partial charge in [-0.2, -0.15) is 0 Å². The summed E-state index contributed by atoms with van der Waals surface area (Å²) < 4.78 is 14.1. The molecule has 0 aromatic heterocycles. The second kappa shape index (κ2) is 11.6. The van der Waals surface area contributed by atoms with Gasteiger partial charge in [0.15, 0.2) is 5.78 Å². The lowest BCUT2D eigenvalue weighted by atomic mass is 9.65. The van der Waals surface area contributed by atoms with Gasteiger partial charge < -0.3 is 9.16 Å². The molecule has 1 fully saturated rings. The highest BCUT2D eigenvalue weighted by atomic mass is 28.4. The lowest BCUT2D eigenvalue weighted by Gasteiger charge is -2.48. The number of hydrogen-bond acceptors (Lipinski definition) is 3. The summed E-state index contributed by atoms with van der Waals surface area (Å²) >= 11 is 0. The topological polar surface area (TPSA) is 35.5 Å². The summed E-state index contributed by atoms with van der Waals surface area (Å²) in [4.78, 5) is 13.4. The number of rotatable bonds is 11. The van der Waals surface area contributed by atoms with Crippen LogP contribution in [0.3, 0.4) is 0 Å². The molecule has 0 saturated heterocycles. The highest BCUT2D eigenvalue weighted by molar-refractivity contribution is 6.74. The van der Waals surface area contributed by atoms with E-state index in [1.165, 1.54) is 56.1 Å². The van der Waals surface area contributed by atoms with Crippen LogP contribution in [-0.4, -0.2) is 19.7 Å². The Morgan fingerprint density at radius 3 is 2.38 bits per heavy atom. The quantitative estimate of drug-likeness (QED) is 0.197. The molecule has 4 heteroatoms. The van der Waals surface area contributed by atoms with E-state index in [9.17, 15) is 4.79 Å². The van der Waals surface area contributed by atoms with E-state index in [0.29, 0.717) is 17.6 Å². The van der Waals surface area contributed by atoms with E-state index in [-0.39, 0.29) is 22.0 Å². The van der Waals surface area contributed by atoms with Gasteiger partial charge in [0.2, 0.25) is 8.32 Å². The van der Waals surface area contributed by atoms with Crippen LogP contribution < -0.4 is 9.16 Å². The lowest BCUT2D eigenvalue weighted by molar-refractivity contribution is -0.117. The number of allylic oxidation sites excluding steroid dienone is 2. The number of ketones is 1. The van der Waals surface area contributed by atoms with Crippen LogP contribution in [0.4, 0.5) is 0 Å². The minimum atomic E-state index is -2.11. The number of unbranched alkanes of at least 4 members (excludes halogenated alkanes) is 3. The van der Waals surface area contributed by atoms with Gasteiger partial charge in [-0.1, -0.05) is 92.6 Å². The van der Waals surface area contributed by atoms with E-state index in [0.717, 1.165) is 42.8 Å². The highest BCUT2D eigenvalue weighted by Gasteiger charge is 2.48. The number of carbonyl (C=O) groups is 1. The molecule has 0 amide bonds. The molecule has 0 bridgehead atoms. The van der Waals surface area contributed by atoms with Crippen molar-refractivity contribution in [1.82, 2.24) is 0 Å². The van der Waals surface area contributed by atoms with Gasteiger partial charge in [0.05, 0.1) is 0 Å². The van der Waals surface area contributed by atoms with Gasteiger partial charge in [0.25, 0.3) is 0 Å². The molecule has 2 atom stereocenters. The standard InChI is InChI=1S/C36H58O3Si/c1-11-12-13-14-20-35(5,6)27-23-31-33(32(24-27)39-40(9,10)34(2,3)4)28-22-26(30(37)21-25-16-15-17-25)18-19-29(28)36(7,8)38-31/h18,23-25,28-29H,11-17,19-22H2,1-10H3/t28-,29-/m1/s1. The van der Waals surface area contributed by atoms with Crippen LogP contribution >= 0.6 is 0 Å². The molecule has 0 spiro atoms. The fourth-order valence-electron chi connectivity index (χ4n) is 6.74. The summed E-state index contributed by atoms with van der Waals surface area (Å²) in [6.07, 6.45) is 14.7. The summed E-state index contributed by atoms with van der Waals surface area (Å²) in [6.45, 7) is 23.2. The molecule has 1 aromatic rings. The molecule has 40 heavy (non-hydrogen) atoms. The van der Waals surface area contributed by atoms with Crippen molar-refractivity contribution >= 4 is 14.1 Å². The Balaban J connectivity index is 1.76. The maximum atomic E-state index is 13.4. The van der Waals surface area contributed by atoms with Crippen LogP contribution in [0.5, 0.6) is 11.5 Å². The molecule has 224 valence electrons. The van der Waals surface area contributed by atoms with Gasteiger partial charge in [-0.15, -0.1) is 0 Å². The third-order valence-electron chi connectivity index (χ3n) is 10.9. The Kier molecular flexibility index (Phi) is 9.11. The molecule has 0 N–H and O–H groups in total. The van der Waals surface area contributed by atoms with Crippen molar-refractivity contribution in [2.24, 2.45) is 11.8 Å². The summed E-state index contributed by atoms with van der Waals surface area (Å²) in [5, 5.41) is 0.0934. The Bertz CT molecular complexity index is 1100. The second-order valence-electron chi connectivity index (χ2n) is 16.0. The van der Waals surface area contributed by atoms with E-state index >= 15 is 0 Å². The van der Waals surface area contributed by atoms with Crippen molar-refractivity contribution in [2.75, 3.05) is 0 Å². The molecule has 1 aromatic carbocycles. The summed E-state index contributed by atoms with van der Waals surface area (Å²) in [6, 6.07) is 4.70. The molecular weight excluding hydrogens is 508 g/mol. The van der Waals surface area contributed by atoms with Crippen molar-refractivity contribution in [3.63, 3.8) is 0 Å². The number of Topliss-reactive ketones (excluding diaryl/α,β-unsaturated/α-hetero) is 1. The largest absolute Gasteiger partial charge is 0.543 e. The number of carbonyl (C=O) groups excluding carboxylic acids is 1. The Labute approximate surface area is 247 Å². The Hall–Kier alpha value is -1.55. The molecule has 1 aliphatic heterocycles. The number of fused-ring (bicyclic) bond motifs is 3. The second-order valence-corrected chi connectivity index (χ2v) is 20.7. The summed E-state index contributed by atoms with van der Waals surface area (Å²) in [5.41, 5.74) is 3.33. The molecular formula is C36H58O3Si. The molecule has 1 heterocycles. The minimum Gasteiger partial charge on any atom is -0.543 e. The molecule has 1 saturated carbocycles.